The topological polar surface area (TPSA) is 55.4 Å². The molecule has 4 nitrogen and oxygen atoms in total. The van der Waals surface area contributed by atoms with Gasteiger partial charge in [0.1, 0.15) is 12.0 Å². The molecule has 0 spiro atoms. The van der Waals surface area contributed by atoms with Crippen LogP contribution >= 0.6 is 0 Å². The minimum atomic E-state index is -0.423. The van der Waals surface area contributed by atoms with Gasteiger partial charge >= 0.3 is 0 Å². The molecule has 0 unspecified atom stereocenters. The lowest BCUT2D eigenvalue weighted by Crippen LogP contribution is -2.03. The summed E-state index contributed by atoms with van der Waals surface area (Å²) in [5.41, 5.74) is -0.423. The van der Waals surface area contributed by atoms with Gasteiger partial charge < -0.3 is 14.1 Å². The number of benzene rings is 1. The largest absolute Gasteiger partial charge is 0.502 e. The number of hydrogen-bond acceptors (Lipinski definition) is 3. The number of hydrogen-bond donors (Lipinski definition) is 1. The molecule has 3 aromatic rings. The third-order valence-electron chi connectivity index (χ3n) is 2.81. The first-order valence-electron chi connectivity index (χ1n) is 5.57. The average molecular weight is 241 g/mol. The molecule has 4 heteroatoms. The maximum atomic E-state index is 11.3. The molecule has 2 heterocycles. The number of aromatic hydroxyl groups is 1. The second-order valence-corrected chi connectivity index (χ2v) is 4.16. The average Bonchev–Trinajstić information content (AvgIpc) is 2.76. The van der Waals surface area contributed by atoms with Crippen molar-refractivity contribution in [2.45, 2.75) is 6.54 Å². The van der Waals surface area contributed by atoms with Crippen molar-refractivity contribution in [3.63, 3.8) is 0 Å². The van der Waals surface area contributed by atoms with Crippen molar-refractivity contribution < 1.29 is 9.52 Å². The molecule has 0 aliphatic rings. The van der Waals surface area contributed by atoms with Crippen molar-refractivity contribution in [1.82, 2.24) is 4.57 Å². The zero-order valence-corrected chi connectivity index (χ0v) is 9.54. The van der Waals surface area contributed by atoms with E-state index in [2.05, 4.69) is 0 Å². The van der Waals surface area contributed by atoms with Crippen LogP contribution in [0.1, 0.15) is 5.76 Å². The Balaban J connectivity index is 1.96. The van der Waals surface area contributed by atoms with E-state index in [0.29, 0.717) is 12.3 Å². The van der Waals surface area contributed by atoms with Crippen molar-refractivity contribution in [3.8, 4) is 5.75 Å². The van der Waals surface area contributed by atoms with Gasteiger partial charge in [-0.15, -0.1) is 0 Å². The monoisotopic (exact) mass is 241 g/mol. The molecule has 1 N–H and O–H groups in total. The van der Waals surface area contributed by atoms with Crippen LogP contribution in [0.5, 0.6) is 5.75 Å². The first-order chi connectivity index (χ1) is 8.72. The molecule has 18 heavy (non-hydrogen) atoms. The minimum Gasteiger partial charge on any atom is -0.502 e. The molecule has 90 valence electrons. The molecule has 0 fully saturated rings. The van der Waals surface area contributed by atoms with Crippen molar-refractivity contribution in [1.29, 1.82) is 0 Å². The first-order valence-corrected chi connectivity index (χ1v) is 5.57. The van der Waals surface area contributed by atoms with E-state index in [-0.39, 0.29) is 5.75 Å². The summed E-state index contributed by atoms with van der Waals surface area (Å²) >= 11 is 0. The standard InChI is InChI=1S/C14H11NO3/c16-13-5-12(18-9-14(13)17)8-15-6-10-3-1-2-4-11(10)7-15/h1-7,9,17H,8H2. The molecule has 0 atom stereocenters. The smallest absolute Gasteiger partial charge is 0.226 e. The Labute approximate surface area is 103 Å². The van der Waals surface area contributed by atoms with E-state index in [4.69, 9.17) is 9.52 Å². The van der Waals surface area contributed by atoms with Gasteiger partial charge in [-0.25, -0.2) is 0 Å². The van der Waals surface area contributed by atoms with E-state index in [9.17, 15) is 4.79 Å². The van der Waals surface area contributed by atoms with Crippen LogP contribution in [-0.4, -0.2) is 9.67 Å². The van der Waals surface area contributed by atoms with Crippen molar-refractivity contribution in [2.24, 2.45) is 0 Å². The molecule has 0 saturated heterocycles. The van der Waals surface area contributed by atoms with Crippen LogP contribution in [0.4, 0.5) is 0 Å². The second kappa shape index (κ2) is 4.07. The summed E-state index contributed by atoms with van der Waals surface area (Å²) in [4.78, 5) is 11.3. The van der Waals surface area contributed by atoms with Crippen LogP contribution in [-0.2, 0) is 6.54 Å². The predicted octanol–water partition coefficient (Wildman–Crippen LogP) is 2.35. The van der Waals surface area contributed by atoms with Gasteiger partial charge in [0, 0.05) is 18.5 Å². The molecule has 3 rings (SSSR count). The highest BCUT2D eigenvalue weighted by Gasteiger charge is 2.03. The van der Waals surface area contributed by atoms with E-state index in [1.54, 1.807) is 0 Å². The summed E-state index contributed by atoms with van der Waals surface area (Å²) in [6, 6.07) is 9.32. The molecule has 0 bridgehead atoms. The molecule has 1 aromatic carbocycles. The summed E-state index contributed by atoms with van der Waals surface area (Å²) in [5.74, 6) is 0.148. The molecule has 0 radical (unpaired) electrons. The zero-order chi connectivity index (χ0) is 12.5. The summed E-state index contributed by atoms with van der Waals surface area (Å²) in [6.07, 6.45) is 5.05. The van der Waals surface area contributed by atoms with Crippen molar-refractivity contribution >= 4 is 10.8 Å². The molecular weight excluding hydrogens is 230 g/mol. The summed E-state index contributed by atoms with van der Waals surface area (Å²) in [7, 11) is 0. The van der Waals surface area contributed by atoms with Gasteiger partial charge in [0.25, 0.3) is 0 Å². The number of fused-ring (bicyclic) bond motifs is 1. The minimum absolute atomic E-state index is 0.364. The van der Waals surface area contributed by atoms with Gasteiger partial charge in [-0.3, -0.25) is 4.79 Å². The molecule has 0 aliphatic heterocycles. The fourth-order valence-corrected chi connectivity index (χ4v) is 1.94. The van der Waals surface area contributed by atoms with Crippen LogP contribution in [0.15, 0.2) is 58.2 Å². The third-order valence-corrected chi connectivity index (χ3v) is 2.81. The maximum absolute atomic E-state index is 11.3. The summed E-state index contributed by atoms with van der Waals surface area (Å²) in [6.45, 7) is 0.463. The van der Waals surface area contributed by atoms with Gasteiger partial charge in [-0.2, -0.15) is 0 Å². The van der Waals surface area contributed by atoms with Gasteiger partial charge in [0.2, 0.25) is 5.43 Å². The SMILES string of the molecule is O=c1cc(Cn2cc3ccccc3c2)occ1O. The van der Waals surface area contributed by atoms with E-state index in [0.717, 1.165) is 17.0 Å². The van der Waals surface area contributed by atoms with Crippen LogP contribution < -0.4 is 5.43 Å². The van der Waals surface area contributed by atoms with E-state index in [1.165, 1.54) is 6.07 Å². The maximum Gasteiger partial charge on any atom is 0.226 e. The number of nitrogens with zero attached hydrogens (tertiary/aromatic N) is 1. The van der Waals surface area contributed by atoms with Crippen LogP contribution in [0.3, 0.4) is 0 Å². The molecule has 0 aliphatic carbocycles. The van der Waals surface area contributed by atoms with Crippen LogP contribution in [0.2, 0.25) is 0 Å². The second-order valence-electron chi connectivity index (χ2n) is 4.16. The zero-order valence-electron chi connectivity index (χ0n) is 9.54. The lowest BCUT2D eigenvalue weighted by Gasteiger charge is -2.01. The Morgan fingerprint density at radius 3 is 2.44 bits per heavy atom. The quantitative estimate of drug-likeness (QED) is 0.749. The highest BCUT2D eigenvalue weighted by molar-refractivity contribution is 5.82. The number of aromatic nitrogens is 1. The van der Waals surface area contributed by atoms with Gasteiger partial charge in [-0.05, 0) is 10.8 Å². The number of rotatable bonds is 2. The van der Waals surface area contributed by atoms with E-state index in [1.807, 2.05) is 41.2 Å². The molecule has 0 saturated carbocycles. The Bertz CT molecular complexity index is 722. The summed E-state index contributed by atoms with van der Waals surface area (Å²) < 4.78 is 7.11. The lowest BCUT2D eigenvalue weighted by molar-refractivity contribution is 0.408. The summed E-state index contributed by atoms with van der Waals surface area (Å²) in [5, 5.41) is 11.4. The Hall–Kier alpha value is -2.49. The van der Waals surface area contributed by atoms with Crippen LogP contribution in [0, 0.1) is 0 Å². The molecule has 2 aromatic heterocycles. The first kappa shape index (κ1) is 10.7. The highest BCUT2D eigenvalue weighted by Crippen LogP contribution is 2.15. The predicted molar refractivity (Wildman–Crippen MR) is 67.7 cm³/mol. The van der Waals surface area contributed by atoms with Crippen LogP contribution in [0.25, 0.3) is 10.8 Å². The van der Waals surface area contributed by atoms with Crippen molar-refractivity contribution in [3.05, 3.63) is 65.0 Å². The normalized spacial score (nSPS) is 10.9. The fourth-order valence-electron chi connectivity index (χ4n) is 1.94. The van der Waals surface area contributed by atoms with Crippen molar-refractivity contribution in [2.75, 3.05) is 0 Å². The third kappa shape index (κ3) is 1.88. The van der Waals surface area contributed by atoms with E-state index < -0.39 is 5.43 Å². The molecule has 0 amide bonds. The Morgan fingerprint density at radius 1 is 1.17 bits per heavy atom. The highest BCUT2D eigenvalue weighted by atomic mass is 16.4. The Kier molecular flexibility index (Phi) is 2.41. The Morgan fingerprint density at radius 2 is 1.83 bits per heavy atom. The van der Waals surface area contributed by atoms with Gasteiger partial charge in [0.05, 0.1) is 6.54 Å². The van der Waals surface area contributed by atoms with Gasteiger partial charge in [-0.1, -0.05) is 24.3 Å². The lowest BCUT2D eigenvalue weighted by atomic mass is 10.2. The van der Waals surface area contributed by atoms with Gasteiger partial charge in [0.15, 0.2) is 5.75 Å². The van der Waals surface area contributed by atoms with E-state index >= 15 is 0 Å². The molecular formula is C14H11NO3. The fraction of sp³-hybridized carbons (Fsp3) is 0.0714.